The van der Waals surface area contributed by atoms with Crippen LogP contribution in [0.1, 0.15) is 38.9 Å². The Hall–Kier alpha value is -8.35. The molecule has 0 aliphatic heterocycles. The molecule has 3 N–H and O–H groups in total. The van der Waals surface area contributed by atoms with Crippen molar-refractivity contribution < 1.29 is 4.92 Å². The van der Waals surface area contributed by atoms with E-state index in [9.17, 15) is 24.5 Å². The van der Waals surface area contributed by atoms with Gasteiger partial charge in [-0.25, -0.2) is 15.3 Å². The number of aromatic amines is 3. The summed E-state index contributed by atoms with van der Waals surface area (Å²) in [5, 5.41) is 34.3. The van der Waals surface area contributed by atoms with Crippen LogP contribution in [0.3, 0.4) is 0 Å². The Morgan fingerprint density at radius 1 is 0.468 bits per heavy atom. The molecule has 13 heteroatoms. The fraction of sp³-hybridized carbons (Fsp3) is 0.0204. The summed E-state index contributed by atoms with van der Waals surface area (Å²) in [4.78, 5) is 44.9. The maximum atomic E-state index is 11.6. The Morgan fingerprint density at radius 2 is 0.774 bits per heavy atom. The number of halogens is 1. The Morgan fingerprint density at radius 3 is 1.13 bits per heavy atom. The molecule has 3 aromatic heterocycles. The minimum absolute atomic E-state index is 0.0631. The molecule has 3 heterocycles. The van der Waals surface area contributed by atoms with E-state index in [-0.39, 0.29) is 22.4 Å². The van der Waals surface area contributed by atoms with Crippen LogP contribution in [-0.4, -0.2) is 35.5 Å². The summed E-state index contributed by atoms with van der Waals surface area (Å²) >= 11 is 5.85. The maximum absolute atomic E-state index is 11.6. The molecule has 304 valence electrons. The van der Waals surface area contributed by atoms with E-state index >= 15 is 0 Å². The monoisotopic (exact) mass is 837 g/mol. The molecule has 0 spiro atoms. The van der Waals surface area contributed by atoms with E-state index in [4.69, 9.17) is 11.6 Å². The third-order valence-electron chi connectivity index (χ3n) is 9.53. The van der Waals surface area contributed by atoms with Gasteiger partial charge < -0.3 is 0 Å². The summed E-state index contributed by atoms with van der Waals surface area (Å²) in [6.45, 7) is 2.07. The lowest BCUT2D eigenvalue weighted by molar-refractivity contribution is -0.384. The van der Waals surface area contributed by atoms with Crippen molar-refractivity contribution in [3.8, 4) is 0 Å². The second kappa shape index (κ2) is 19.6. The van der Waals surface area contributed by atoms with Crippen molar-refractivity contribution in [3.05, 3.63) is 231 Å². The average Bonchev–Trinajstić information content (AvgIpc) is 3.29. The molecular formula is C49H36ClN7O5. The van der Waals surface area contributed by atoms with Crippen LogP contribution >= 0.6 is 11.6 Å². The molecule has 0 unspecified atom stereocenters. The van der Waals surface area contributed by atoms with E-state index in [0.29, 0.717) is 16.2 Å². The number of aromatic nitrogens is 6. The molecule has 0 saturated carbocycles. The standard InChI is InChI=1S/C17H14N2O.C16H11ClN2O.C16H11N3O3/c1-12-2-4-13(5-3-12)6-7-14-8-9-16-15(10-14)11-18-19-17(16)20;17-14-6-3-11(4-7-14)1-2-12-5-8-15-13(9-12)10-18-19-16(15)20;20-16-15-8-5-12(9-13(15)10-17-18-16)2-1-11-3-6-14(7-4-11)19(21)22/h2-11H,1H3,(H,19,20);1-10H,(H,19,20);1-10H,(H,18,20)/b7-6+;2*2-1+. The van der Waals surface area contributed by atoms with Gasteiger partial charge in [-0.05, 0) is 101 Å². The van der Waals surface area contributed by atoms with Crippen molar-refractivity contribution in [1.82, 2.24) is 30.6 Å². The van der Waals surface area contributed by atoms with Crippen molar-refractivity contribution >= 4 is 86.1 Å². The molecule has 0 atom stereocenters. The zero-order valence-electron chi connectivity index (χ0n) is 33.0. The fourth-order valence-corrected chi connectivity index (χ4v) is 6.32. The highest BCUT2D eigenvalue weighted by Gasteiger charge is 2.04. The van der Waals surface area contributed by atoms with Crippen LogP contribution < -0.4 is 16.7 Å². The Kier molecular flexibility index (Phi) is 13.2. The van der Waals surface area contributed by atoms with Gasteiger partial charge in [0.2, 0.25) is 0 Å². The Balaban J connectivity index is 0.000000140. The van der Waals surface area contributed by atoms with Gasteiger partial charge >= 0.3 is 0 Å². The van der Waals surface area contributed by atoms with Crippen molar-refractivity contribution in [3.63, 3.8) is 0 Å². The molecule has 9 aromatic rings. The number of benzene rings is 6. The molecule has 62 heavy (non-hydrogen) atoms. The largest absolute Gasteiger partial charge is 0.272 e. The Bertz CT molecular complexity index is 3160. The summed E-state index contributed by atoms with van der Waals surface area (Å²) in [7, 11) is 0. The van der Waals surface area contributed by atoms with Crippen LogP contribution in [-0.2, 0) is 0 Å². The van der Waals surface area contributed by atoms with E-state index in [1.807, 2.05) is 97.1 Å². The zero-order chi connectivity index (χ0) is 43.4. The highest BCUT2D eigenvalue weighted by molar-refractivity contribution is 6.30. The SMILES string of the molecule is Cc1ccc(/C=C/c2ccc3c(=O)[nH]ncc3c2)cc1.O=c1[nH]ncc2cc(/C=C/c3ccc(Cl)cc3)ccc12.O=c1[nH]ncc2cc(/C=C/c3ccc([N+](=O)[O-])cc3)ccc12. The third-order valence-corrected chi connectivity index (χ3v) is 9.78. The van der Waals surface area contributed by atoms with E-state index in [2.05, 4.69) is 67.9 Å². The Labute approximate surface area is 358 Å². The summed E-state index contributed by atoms with van der Waals surface area (Å²) in [6, 6.07) is 39.0. The highest BCUT2D eigenvalue weighted by atomic mass is 35.5. The topological polar surface area (TPSA) is 180 Å². The molecule has 0 radical (unpaired) electrons. The first-order valence-electron chi connectivity index (χ1n) is 19.1. The molecule has 0 aliphatic carbocycles. The first-order valence-corrected chi connectivity index (χ1v) is 19.5. The number of hydrogen-bond donors (Lipinski definition) is 3. The molecule has 6 aromatic carbocycles. The molecule has 0 aliphatic rings. The van der Waals surface area contributed by atoms with Gasteiger partial charge in [-0.3, -0.25) is 24.5 Å². The van der Waals surface area contributed by atoms with Crippen LogP contribution in [0.5, 0.6) is 0 Å². The van der Waals surface area contributed by atoms with E-state index < -0.39 is 4.92 Å². The minimum Gasteiger partial charge on any atom is -0.267 e. The number of hydrogen-bond acceptors (Lipinski definition) is 8. The molecule has 0 bridgehead atoms. The number of nitrogens with one attached hydrogen (secondary N) is 3. The van der Waals surface area contributed by atoms with Crippen molar-refractivity contribution in [1.29, 1.82) is 0 Å². The lowest BCUT2D eigenvalue weighted by Crippen LogP contribution is -2.06. The molecule has 12 nitrogen and oxygen atoms in total. The smallest absolute Gasteiger partial charge is 0.267 e. The van der Waals surface area contributed by atoms with E-state index in [0.717, 1.165) is 54.6 Å². The average molecular weight is 838 g/mol. The number of rotatable bonds is 7. The second-order valence-corrected chi connectivity index (χ2v) is 14.4. The van der Waals surface area contributed by atoms with Crippen molar-refractivity contribution in [2.75, 3.05) is 0 Å². The molecular weight excluding hydrogens is 802 g/mol. The van der Waals surface area contributed by atoms with Crippen LogP contribution in [0.25, 0.3) is 68.8 Å². The quantitative estimate of drug-likeness (QED) is 0.0806. The summed E-state index contributed by atoms with van der Waals surface area (Å²) in [5.41, 5.74) is 6.82. The first kappa shape index (κ1) is 41.8. The van der Waals surface area contributed by atoms with Gasteiger partial charge in [0.25, 0.3) is 22.4 Å². The fourth-order valence-electron chi connectivity index (χ4n) is 6.19. The zero-order valence-corrected chi connectivity index (χ0v) is 33.8. The normalized spacial score (nSPS) is 11.2. The third kappa shape index (κ3) is 11.0. The summed E-state index contributed by atoms with van der Waals surface area (Å²) < 4.78 is 0. The predicted octanol–water partition coefficient (Wildman–Crippen LogP) is 10.2. The van der Waals surface area contributed by atoms with Gasteiger partial charge in [-0.1, -0.05) is 108 Å². The molecule has 0 fully saturated rings. The van der Waals surface area contributed by atoms with Crippen molar-refractivity contribution in [2.24, 2.45) is 0 Å². The minimum atomic E-state index is -0.429. The number of nitro benzene ring substituents is 1. The molecule has 9 rings (SSSR count). The predicted molar refractivity (Wildman–Crippen MR) is 250 cm³/mol. The number of nitro groups is 1. The van der Waals surface area contributed by atoms with Gasteiger partial charge in [-0.2, -0.15) is 15.3 Å². The summed E-state index contributed by atoms with van der Waals surface area (Å²) in [5.74, 6) is 0. The van der Waals surface area contributed by atoms with Crippen LogP contribution in [0, 0.1) is 17.0 Å². The highest BCUT2D eigenvalue weighted by Crippen LogP contribution is 2.19. The summed E-state index contributed by atoms with van der Waals surface area (Å²) in [6.07, 6.45) is 16.7. The number of nitrogens with zero attached hydrogens (tertiary/aromatic N) is 4. The molecule has 0 amide bonds. The van der Waals surface area contributed by atoms with E-state index in [1.165, 1.54) is 17.7 Å². The van der Waals surface area contributed by atoms with Crippen molar-refractivity contribution in [2.45, 2.75) is 6.92 Å². The number of aryl methyl sites for hydroxylation is 1. The maximum Gasteiger partial charge on any atom is 0.272 e. The molecule has 0 saturated heterocycles. The van der Waals surface area contributed by atoms with Crippen LogP contribution in [0.15, 0.2) is 160 Å². The second-order valence-electron chi connectivity index (χ2n) is 13.9. The van der Waals surface area contributed by atoms with Gasteiger partial charge in [0.15, 0.2) is 0 Å². The number of fused-ring (bicyclic) bond motifs is 3. The van der Waals surface area contributed by atoms with Gasteiger partial charge in [0.1, 0.15) is 0 Å². The lowest BCUT2D eigenvalue weighted by atomic mass is 10.1. The van der Waals surface area contributed by atoms with Gasteiger partial charge in [0, 0.05) is 33.3 Å². The van der Waals surface area contributed by atoms with Gasteiger partial charge in [0.05, 0.1) is 39.7 Å². The van der Waals surface area contributed by atoms with Crippen LogP contribution in [0.2, 0.25) is 5.02 Å². The number of H-pyrrole nitrogens is 3. The van der Waals surface area contributed by atoms with E-state index in [1.54, 1.807) is 42.9 Å². The first-order chi connectivity index (χ1) is 30.1. The van der Waals surface area contributed by atoms with Crippen LogP contribution in [0.4, 0.5) is 5.69 Å². The number of non-ortho nitro benzene ring substituents is 1. The van der Waals surface area contributed by atoms with Gasteiger partial charge in [-0.15, -0.1) is 0 Å². The lowest BCUT2D eigenvalue weighted by Gasteiger charge is -1.99.